The summed E-state index contributed by atoms with van der Waals surface area (Å²) < 4.78 is 0. The van der Waals surface area contributed by atoms with Gasteiger partial charge in [0.2, 0.25) is 0 Å². The smallest absolute Gasteiger partial charge is 0.258 e. The fraction of sp³-hybridized carbons (Fsp3) is 0. The summed E-state index contributed by atoms with van der Waals surface area (Å²) in [4.78, 5) is 18.7. The maximum absolute atomic E-state index is 10.5. The van der Waals surface area contributed by atoms with Crippen LogP contribution in [-0.2, 0) is 0 Å². The van der Waals surface area contributed by atoms with E-state index in [-0.39, 0.29) is 11.4 Å². The molecule has 1 heterocycles. The molecule has 7 heteroatoms. The van der Waals surface area contributed by atoms with Crippen LogP contribution in [0.1, 0.15) is 5.69 Å². The Labute approximate surface area is 106 Å². The normalized spacial score (nSPS) is 9.72. The van der Waals surface area contributed by atoms with Gasteiger partial charge in [-0.3, -0.25) is 10.1 Å². The van der Waals surface area contributed by atoms with Crippen LogP contribution in [-0.4, -0.2) is 14.9 Å². The van der Waals surface area contributed by atoms with Crippen LogP contribution >= 0.6 is 11.8 Å². The summed E-state index contributed by atoms with van der Waals surface area (Å²) in [7, 11) is 0. The Morgan fingerprint density at radius 3 is 2.50 bits per heavy atom. The molecule has 0 aliphatic heterocycles. The van der Waals surface area contributed by atoms with Crippen molar-refractivity contribution in [2.75, 3.05) is 0 Å². The Morgan fingerprint density at radius 1 is 1.22 bits per heavy atom. The number of hydrogen-bond donors (Lipinski definition) is 0. The van der Waals surface area contributed by atoms with Crippen LogP contribution in [0.3, 0.4) is 0 Å². The summed E-state index contributed by atoms with van der Waals surface area (Å²) in [6.45, 7) is 0. The second-order valence-corrected chi connectivity index (χ2v) is 4.24. The molecule has 0 saturated carbocycles. The molecule has 2 aromatic rings. The van der Waals surface area contributed by atoms with Crippen LogP contribution in [0, 0.1) is 21.4 Å². The van der Waals surface area contributed by atoms with Gasteiger partial charge in [0.15, 0.2) is 5.69 Å². The van der Waals surface area contributed by atoms with E-state index in [0.717, 1.165) is 4.90 Å². The van der Waals surface area contributed by atoms with Gasteiger partial charge in [0.25, 0.3) is 5.69 Å². The number of hydrogen-bond acceptors (Lipinski definition) is 6. The summed E-state index contributed by atoms with van der Waals surface area (Å²) in [6, 6.07) is 7.98. The molecule has 0 fully saturated rings. The Kier molecular flexibility index (Phi) is 3.50. The lowest BCUT2D eigenvalue weighted by molar-refractivity contribution is -0.384. The van der Waals surface area contributed by atoms with E-state index in [0.29, 0.717) is 5.03 Å². The van der Waals surface area contributed by atoms with Crippen molar-refractivity contribution in [3.63, 3.8) is 0 Å². The maximum Gasteiger partial charge on any atom is 0.269 e. The van der Waals surface area contributed by atoms with Crippen LogP contribution in [0.25, 0.3) is 0 Å². The lowest BCUT2D eigenvalue weighted by atomic mass is 10.3. The third-order valence-electron chi connectivity index (χ3n) is 2.03. The standard InChI is InChI=1S/C11H6N4O2S/c12-7-10-11(14-6-5-13-10)18-9-3-1-8(2-4-9)15(16)17/h1-6H. The number of nitrogens with zero attached hydrogens (tertiary/aromatic N) is 4. The van der Waals surface area contributed by atoms with Gasteiger partial charge in [0, 0.05) is 29.4 Å². The van der Waals surface area contributed by atoms with Crippen molar-refractivity contribution < 1.29 is 4.92 Å². The van der Waals surface area contributed by atoms with Gasteiger partial charge in [-0.2, -0.15) is 5.26 Å². The molecule has 0 aliphatic carbocycles. The number of aromatic nitrogens is 2. The number of rotatable bonds is 3. The number of benzene rings is 1. The molecule has 0 spiro atoms. The minimum atomic E-state index is -0.461. The Bertz CT molecular complexity index is 622. The Morgan fingerprint density at radius 2 is 1.89 bits per heavy atom. The molecular formula is C11H6N4O2S. The third-order valence-corrected chi connectivity index (χ3v) is 3.03. The highest BCUT2D eigenvalue weighted by molar-refractivity contribution is 7.99. The monoisotopic (exact) mass is 258 g/mol. The summed E-state index contributed by atoms with van der Waals surface area (Å²) in [5.41, 5.74) is 0.264. The van der Waals surface area contributed by atoms with Crippen molar-refractivity contribution in [1.82, 2.24) is 9.97 Å². The summed E-state index contributed by atoms with van der Waals surface area (Å²) >= 11 is 1.24. The average molecular weight is 258 g/mol. The van der Waals surface area contributed by atoms with Crippen molar-refractivity contribution in [1.29, 1.82) is 5.26 Å². The van der Waals surface area contributed by atoms with Crippen molar-refractivity contribution in [3.8, 4) is 6.07 Å². The van der Waals surface area contributed by atoms with E-state index in [1.54, 1.807) is 12.1 Å². The molecule has 0 amide bonds. The number of nitro benzene ring substituents is 1. The van der Waals surface area contributed by atoms with Crippen molar-refractivity contribution >= 4 is 17.4 Å². The van der Waals surface area contributed by atoms with Crippen LogP contribution in [0.4, 0.5) is 5.69 Å². The maximum atomic E-state index is 10.5. The largest absolute Gasteiger partial charge is 0.269 e. The zero-order valence-corrected chi connectivity index (χ0v) is 9.79. The highest BCUT2D eigenvalue weighted by Crippen LogP contribution is 2.28. The van der Waals surface area contributed by atoms with E-state index < -0.39 is 4.92 Å². The molecule has 18 heavy (non-hydrogen) atoms. The minimum Gasteiger partial charge on any atom is -0.258 e. The molecule has 0 saturated heterocycles. The quantitative estimate of drug-likeness (QED) is 0.620. The van der Waals surface area contributed by atoms with Crippen LogP contribution < -0.4 is 0 Å². The second-order valence-electron chi connectivity index (χ2n) is 3.17. The van der Waals surface area contributed by atoms with Gasteiger partial charge in [-0.15, -0.1) is 0 Å². The predicted molar refractivity (Wildman–Crippen MR) is 64.0 cm³/mol. The minimum absolute atomic E-state index is 0.0269. The fourth-order valence-corrected chi connectivity index (χ4v) is 2.03. The number of non-ortho nitro benzene ring substituents is 1. The molecule has 0 aliphatic rings. The SMILES string of the molecule is N#Cc1nccnc1Sc1ccc([N+](=O)[O-])cc1. The molecular weight excluding hydrogens is 252 g/mol. The zero-order chi connectivity index (χ0) is 13.0. The fourth-order valence-electron chi connectivity index (χ4n) is 1.22. The number of nitro groups is 1. The van der Waals surface area contributed by atoms with Gasteiger partial charge in [0.1, 0.15) is 11.1 Å². The molecule has 6 nitrogen and oxygen atoms in total. The first-order valence-electron chi connectivity index (χ1n) is 4.84. The van der Waals surface area contributed by atoms with Gasteiger partial charge < -0.3 is 0 Å². The highest BCUT2D eigenvalue weighted by atomic mass is 32.2. The van der Waals surface area contributed by atoms with Gasteiger partial charge in [-0.25, -0.2) is 9.97 Å². The van der Waals surface area contributed by atoms with E-state index in [1.807, 2.05) is 6.07 Å². The topological polar surface area (TPSA) is 92.7 Å². The van der Waals surface area contributed by atoms with Crippen molar-refractivity contribution in [2.45, 2.75) is 9.92 Å². The molecule has 2 rings (SSSR count). The van der Waals surface area contributed by atoms with Crippen LogP contribution in [0.15, 0.2) is 46.6 Å². The predicted octanol–water partition coefficient (Wildman–Crippen LogP) is 2.41. The van der Waals surface area contributed by atoms with Crippen LogP contribution in [0.2, 0.25) is 0 Å². The lowest BCUT2D eigenvalue weighted by Gasteiger charge is -2.01. The lowest BCUT2D eigenvalue weighted by Crippen LogP contribution is -1.90. The van der Waals surface area contributed by atoms with Gasteiger partial charge in [-0.05, 0) is 12.1 Å². The Hall–Kier alpha value is -2.46. The first kappa shape index (κ1) is 12.0. The highest BCUT2D eigenvalue weighted by Gasteiger charge is 2.08. The molecule has 0 N–H and O–H groups in total. The van der Waals surface area contributed by atoms with E-state index >= 15 is 0 Å². The van der Waals surface area contributed by atoms with Gasteiger partial charge >= 0.3 is 0 Å². The van der Waals surface area contributed by atoms with E-state index in [4.69, 9.17) is 5.26 Å². The Balaban J connectivity index is 2.24. The second kappa shape index (κ2) is 5.25. The average Bonchev–Trinajstić information content (AvgIpc) is 2.40. The number of nitriles is 1. The summed E-state index contributed by atoms with van der Waals surface area (Å²) in [5.74, 6) is 0. The van der Waals surface area contributed by atoms with Gasteiger partial charge in [0.05, 0.1) is 4.92 Å². The van der Waals surface area contributed by atoms with E-state index in [9.17, 15) is 10.1 Å². The van der Waals surface area contributed by atoms with E-state index in [2.05, 4.69) is 9.97 Å². The van der Waals surface area contributed by atoms with E-state index in [1.165, 1.54) is 36.3 Å². The first-order valence-corrected chi connectivity index (χ1v) is 5.66. The molecule has 0 radical (unpaired) electrons. The molecule has 1 aromatic heterocycles. The molecule has 0 atom stereocenters. The molecule has 0 unspecified atom stereocenters. The van der Waals surface area contributed by atoms with Crippen molar-refractivity contribution in [2.24, 2.45) is 0 Å². The zero-order valence-electron chi connectivity index (χ0n) is 8.98. The molecule has 1 aromatic carbocycles. The van der Waals surface area contributed by atoms with Crippen molar-refractivity contribution in [3.05, 3.63) is 52.5 Å². The summed E-state index contributed by atoms with van der Waals surface area (Å²) in [5, 5.41) is 19.8. The van der Waals surface area contributed by atoms with Crippen LogP contribution in [0.5, 0.6) is 0 Å². The first-order chi connectivity index (χ1) is 8.70. The van der Waals surface area contributed by atoms with Gasteiger partial charge in [-0.1, -0.05) is 11.8 Å². The molecule has 0 bridgehead atoms. The molecule has 88 valence electrons. The summed E-state index contributed by atoms with van der Waals surface area (Å²) in [6.07, 6.45) is 2.94. The third kappa shape index (κ3) is 2.61.